The molecule has 0 aromatic rings. The molecule has 0 aromatic heterocycles. The topological polar surface area (TPSA) is 21.3 Å². The summed E-state index contributed by atoms with van der Waals surface area (Å²) in [4.78, 5) is 0. The van der Waals surface area contributed by atoms with Crippen LogP contribution in [0.3, 0.4) is 0 Å². The molecule has 0 bridgehead atoms. The second kappa shape index (κ2) is 3.24. The van der Waals surface area contributed by atoms with Crippen molar-refractivity contribution in [3.8, 4) is 12.2 Å². The molecular formula is C7H13NO. The van der Waals surface area contributed by atoms with Gasteiger partial charge in [0.05, 0.1) is 7.11 Å². The van der Waals surface area contributed by atoms with Gasteiger partial charge in [-0.3, -0.25) is 0 Å². The molecule has 0 aliphatic carbocycles. The number of ether oxygens (including phenoxy) is 1. The van der Waals surface area contributed by atoms with E-state index in [0.29, 0.717) is 0 Å². The molecule has 0 aliphatic heterocycles. The quantitative estimate of drug-likeness (QED) is 0.386. The Hall–Kier alpha value is -0.840. The monoisotopic (exact) mass is 127 g/mol. The minimum atomic E-state index is 0.0472. The van der Waals surface area contributed by atoms with E-state index in [-0.39, 0.29) is 5.54 Å². The van der Waals surface area contributed by atoms with Crippen LogP contribution in [0.4, 0.5) is 0 Å². The van der Waals surface area contributed by atoms with Gasteiger partial charge in [0.15, 0.2) is 0 Å². The Kier molecular flexibility index (Phi) is 2.94. The summed E-state index contributed by atoms with van der Waals surface area (Å²) < 4.78 is 4.51. The molecule has 0 atom stereocenters. The average Bonchev–Trinajstić information content (AvgIpc) is 1.63. The van der Waals surface area contributed by atoms with Gasteiger partial charge in [-0.1, -0.05) is 0 Å². The fraction of sp³-hybridized carbons (Fsp3) is 0.714. The normalized spacial score (nSPS) is 9.33. The van der Waals surface area contributed by atoms with Gasteiger partial charge in [-0.25, -0.2) is 0 Å². The predicted octanol–water partition coefficient (Wildman–Crippen LogP) is 0.939. The zero-order chi connectivity index (χ0) is 7.33. The third kappa shape index (κ3) is 7.16. The number of hydrogen-bond acceptors (Lipinski definition) is 2. The minimum absolute atomic E-state index is 0.0472. The van der Waals surface area contributed by atoms with Crippen molar-refractivity contribution in [3.05, 3.63) is 0 Å². The highest BCUT2D eigenvalue weighted by molar-refractivity contribution is 4.93. The number of nitrogens with one attached hydrogen (secondary N) is 1. The minimum Gasteiger partial charge on any atom is -0.449 e. The van der Waals surface area contributed by atoms with Crippen molar-refractivity contribution in [2.45, 2.75) is 26.3 Å². The van der Waals surface area contributed by atoms with Crippen molar-refractivity contribution in [1.29, 1.82) is 0 Å². The maximum absolute atomic E-state index is 4.51. The second-order valence-electron chi connectivity index (χ2n) is 2.81. The van der Waals surface area contributed by atoms with E-state index in [9.17, 15) is 0 Å². The largest absolute Gasteiger partial charge is 0.449 e. The molecule has 1 N–H and O–H groups in total. The van der Waals surface area contributed by atoms with Crippen LogP contribution in [0.2, 0.25) is 0 Å². The van der Waals surface area contributed by atoms with E-state index in [1.54, 1.807) is 0 Å². The third-order valence-electron chi connectivity index (χ3n) is 0.591. The molecule has 9 heavy (non-hydrogen) atoms. The van der Waals surface area contributed by atoms with E-state index in [1.165, 1.54) is 7.11 Å². The van der Waals surface area contributed by atoms with Gasteiger partial charge in [-0.15, -0.1) is 0 Å². The number of rotatable bonds is 0. The van der Waals surface area contributed by atoms with E-state index in [2.05, 4.69) is 22.2 Å². The summed E-state index contributed by atoms with van der Waals surface area (Å²) in [5.41, 5.74) is 0.0472. The highest BCUT2D eigenvalue weighted by atomic mass is 16.5. The van der Waals surface area contributed by atoms with Gasteiger partial charge in [0.1, 0.15) is 6.11 Å². The first-order valence-electron chi connectivity index (χ1n) is 2.86. The summed E-state index contributed by atoms with van der Waals surface area (Å²) in [5, 5.41) is 2.94. The molecule has 0 saturated heterocycles. The fourth-order valence-electron chi connectivity index (χ4n) is 0.264. The van der Waals surface area contributed by atoms with E-state index < -0.39 is 0 Å². The summed E-state index contributed by atoms with van der Waals surface area (Å²) in [6, 6.07) is 2.65. The van der Waals surface area contributed by atoms with Crippen LogP contribution in [0.5, 0.6) is 0 Å². The molecule has 0 aliphatic rings. The first-order valence-corrected chi connectivity index (χ1v) is 2.86. The molecule has 52 valence electrons. The molecule has 0 spiro atoms. The van der Waals surface area contributed by atoms with Crippen molar-refractivity contribution in [1.82, 2.24) is 5.32 Å². The second-order valence-corrected chi connectivity index (χ2v) is 2.81. The van der Waals surface area contributed by atoms with Crippen LogP contribution >= 0.6 is 0 Å². The van der Waals surface area contributed by atoms with E-state index in [0.717, 1.165) is 0 Å². The van der Waals surface area contributed by atoms with Gasteiger partial charge >= 0.3 is 0 Å². The SMILES string of the molecule is COC#CNC(C)(C)C. The molecule has 0 rings (SSSR count). The molecule has 0 saturated carbocycles. The molecule has 0 unspecified atom stereocenters. The molecule has 0 amide bonds. The molecule has 2 heteroatoms. The standard InChI is InChI=1S/C7H13NO/c1-7(2,3)8-5-6-9-4/h8H,1-4H3. The van der Waals surface area contributed by atoms with Gasteiger partial charge in [0.25, 0.3) is 0 Å². The Morgan fingerprint density at radius 1 is 1.33 bits per heavy atom. The Morgan fingerprint density at radius 3 is 2.22 bits per heavy atom. The Bertz CT molecular complexity index is 124. The smallest absolute Gasteiger partial charge is 0.133 e. The summed E-state index contributed by atoms with van der Waals surface area (Å²) in [6.07, 6.45) is 2.44. The predicted molar refractivity (Wildman–Crippen MR) is 37.7 cm³/mol. The summed E-state index contributed by atoms with van der Waals surface area (Å²) in [7, 11) is 1.54. The van der Waals surface area contributed by atoms with Gasteiger partial charge < -0.3 is 10.1 Å². The Morgan fingerprint density at radius 2 is 1.89 bits per heavy atom. The van der Waals surface area contributed by atoms with Crippen LogP contribution < -0.4 is 5.32 Å². The van der Waals surface area contributed by atoms with Crippen molar-refractivity contribution < 1.29 is 4.74 Å². The maximum atomic E-state index is 4.51. The lowest BCUT2D eigenvalue weighted by atomic mass is 10.1. The molecule has 0 fully saturated rings. The average molecular weight is 127 g/mol. The molecule has 0 aromatic carbocycles. The lowest BCUT2D eigenvalue weighted by Gasteiger charge is -2.15. The van der Waals surface area contributed by atoms with Crippen LogP contribution in [-0.2, 0) is 4.74 Å². The lowest BCUT2D eigenvalue weighted by Crippen LogP contribution is -2.31. The molecule has 0 heterocycles. The van der Waals surface area contributed by atoms with E-state index in [4.69, 9.17) is 0 Å². The molecular weight excluding hydrogens is 114 g/mol. The maximum Gasteiger partial charge on any atom is 0.133 e. The molecule has 0 radical (unpaired) electrons. The highest BCUT2D eigenvalue weighted by Crippen LogP contribution is 1.95. The summed E-state index contributed by atoms with van der Waals surface area (Å²) in [5.74, 6) is 0. The van der Waals surface area contributed by atoms with Gasteiger partial charge in [0, 0.05) is 11.6 Å². The van der Waals surface area contributed by atoms with Crippen molar-refractivity contribution in [3.63, 3.8) is 0 Å². The van der Waals surface area contributed by atoms with Gasteiger partial charge in [0.2, 0.25) is 0 Å². The van der Waals surface area contributed by atoms with Crippen LogP contribution in [-0.4, -0.2) is 12.6 Å². The van der Waals surface area contributed by atoms with Crippen molar-refractivity contribution in [2.75, 3.05) is 7.11 Å². The van der Waals surface area contributed by atoms with E-state index >= 15 is 0 Å². The Balaban J connectivity index is 3.50. The highest BCUT2D eigenvalue weighted by Gasteiger charge is 2.04. The summed E-state index contributed by atoms with van der Waals surface area (Å²) in [6.45, 7) is 6.12. The Labute approximate surface area is 56.6 Å². The number of hydrogen-bond donors (Lipinski definition) is 1. The zero-order valence-corrected chi connectivity index (χ0v) is 6.41. The third-order valence-corrected chi connectivity index (χ3v) is 0.591. The first-order chi connectivity index (χ1) is 4.06. The van der Waals surface area contributed by atoms with Gasteiger partial charge in [-0.2, -0.15) is 0 Å². The number of methoxy groups -OCH3 is 1. The van der Waals surface area contributed by atoms with Gasteiger partial charge in [-0.05, 0) is 20.8 Å². The lowest BCUT2D eigenvalue weighted by molar-refractivity contribution is 0.369. The van der Waals surface area contributed by atoms with Crippen LogP contribution in [0.1, 0.15) is 20.8 Å². The van der Waals surface area contributed by atoms with E-state index in [1.807, 2.05) is 20.8 Å². The van der Waals surface area contributed by atoms with Crippen LogP contribution in [0.15, 0.2) is 0 Å². The summed E-state index contributed by atoms with van der Waals surface area (Å²) >= 11 is 0. The van der Waals surface area contributed by atoms with Crippen LogP contribution in [0, 0.1) is 12.2 Å². The van der Waals surface area contributed by atoms with Crippen molar-refractivity contribution >= 4 is 0 Å². The zero-order valence-electron chi connectivity index (χ0n) is 6.41. The van der Waals surface area contributed by atoms with Crippen LogP contribution in [0.25, 0.3) is 0 Å². The van der Waals surface area contributed by atoms with Crippen molar-refractivity contribution in [2.24, 2.45) is 0 Å². The fourth-order valence-corrected chi connectivity index (χ4v) is 0.264. The first kappa shape index (κ1) is 8.16. The molecule has 2 nitrogen and oxygen atoms in total.